The minimum atomic E-state index is -0.317. The van der Waals surface area contributed by atoms with Gasteiger partial charge in [-0.1, -0.05) is 15.9 Å². The predicted octanol–water partition coefficient (Wildman–Crippen LogP) is 4.94. The SMILES string of the molecule is Cc1cc(Br)ccc1NC(=O)C12C[C@H]3C[C@H](C1)CC(n1cnc(Cl)n1)(C3)C2. The topological polar surface area (TPSA) is 59.8 Å². The Balaban J connectivity index is 1.47. The van der Waals surface area contributed by atoms with Crippen LogP contribution < -0.4 is 5.32 Å². The third-order valence-electron chi connectivity index (χ3n) is 6.90. The van der Waals surface area contributed by atoms with Crippen molar-refractivity contribution >= 4 is 39.1 Å². The van der Waals surface area contributed by atoms with Gasteiger partial charge in [-0.15, -0.1) is 5.10 Å². The molecule has 0 spiro atoms. The first-order valence-corrected chi connectivity index (χ1v) is 10.7. The fourth-order valence-corrected chi connectivity index (χ4v) is 6.84. The van der Waals surface area contributed by atoms with Gasteiger partial charge in [0.2, 0.25) is 11.2 Å². The van der Waals surface area contributed by atoms with E-state index in [9.17, 15) is 4.79 Å². The Labute approximate surface area is 172 Å². The fraction of sp³-hybridized carbons (Fsp3) is 0.550. The van der Waals surface area contributed by atoms with Crippen LogP contribution in [-0.4, -0.2) is 20.7 Å². The summed E-state index contributed by atoms with van der Waals surface area (Å²) in [5, 5.41) is 7.96. The van der Waals surface area contributed by atoms with Gasteiger partial charge < -0.3 is 5.32 Å². The highest BCUT2D eigenvalue weighted by atomic mass is 79.9. The van der Waals surface area contributed by atoms with Crippen molar-refractivity contribution in [3.8, 4) is 0 Å². The van der Waals surface area contributed by atoms with E-state index in [0.717, 1.165) is 47.8 Å². The second-order valence-corrected chi connectivity index (χ2v) is 10.1. The number of carbonyl (C=O) groups is 1. The molecule has 142 valence electrons. The molecule has 0 radical (unpaired) electrons. The predicted molar refractivity (Wildman–Crippen MR) is 108 cm³/mol. The first-order valence-electron chi connectivity index (χ1n) is 9.53. The van der Waals surface area contributed by atoms with Crippen LogP contribution in [0.3, 0.4) is 0 Å². The highest BCUT2D eigenvalue weighted by Crippen LogP contribution is 2.64. The summed E-state index contributed by atoms with van der Waals surface area (Å²) in [7, 11) is 0. The van der Waals surface area contributed by atoms with Crippen LogP contribution in [0.2, 0.25) is 5.28 Å². The molecular formula is C20H22BrClN4O. The number of amides is 1. The van der Waals surface area contributed by atoms with Gasteiger partial charge in [0, 0.05) is 10.2 Å². The number of aryl methyl sites for hydroxylation is 1. The second kappa shape index (κ2) is 6.05. The van der Waals surface area contributed by atoms with Crippen molar-refractivity contribution in [2.45, 2.75) is 51.0 Å². The van der Waals surface area contributed by atoms with Crippen LogP contribution in [0.4, 0.5) is 5.69 Å². The van der Waals surface area contributed by atoms with E-state index >= 15 is 0 Å². The van der Waals surface area contributed by atoms with Crippen LogP contribution >= 0.6 is 27.5 Å². The van der Waals surface area contributed by atoms with E-state index < -0.39 is 0 Å². The smallest absolute Gasteiger partial charge is 0.242 e. The summed E-state index contributed by atoms with van der Waals surface area (Å²) < 4.78 is 2.98. The average Bonchev–Trinajstić information content (AvgIpc) is 3.03. The molecule has 2 atom stereocenters. The summed E-state index contributed by atoms with van der Waals surface area (Å²) in [5.74, 6) is 1.31. The summed E-state index contributed by atoms with van der Waals surface area (Å²) in [6.07, 6.45) is 7.93. The molecule has 1 heterocycles. The summed E-state index contributed by atoms with van der Waals surface area (Å²) in [6.45, 7) is 2.03. The molecule has 7 heteroatoms. The van der Waals surface area contributed by atoms with Gasteiger partial charge in [0.25, 0.3) is 0 Å². The Hall–Kier alpha value is -1.40. The number of hydrogen-bond acceptors (Lipinski definition) is 3. The van der Waals surface area contributed by atoms with E-state index in [4.69, 9.17) is 11.6 Å². The van der Waals surface area contributed by atoms with E-state index in [-0.39, 0.29) is 22.1 Å². The van der Waals surface area contributed by atoms with Gasteiger partial charge in [-0.25, -0.2) is 9.67 Å². The van der Waals surface area contributed by atoms with Crippen LogP contribution in [0.5, 0.6) is 0 Å². The summed E-state index contributed by atoms with van der Waals surface area (Å²) in [5.41, 5.74) is 1.54. The zero-order chi connectivity index (χ0) is 18.8. The van der Waals surface area contributed by atoms with E-state index in [1.807, 2.05) is 29.8 Å². The van der Waals surface area contributed by atoms with Crippen molar-refractivity contribution < 1.29 is 4.79 Å². The van der Waals surface area contributed by atoms with E-state index in [0.29, 0.717) is 11.8 Å². The Morgan fingerprint density at radius 2 is 2.04 bits per heavy atom. The molecule has 0 aliphatic heterocycles. The van der Waals surface area contributed by atoms with Crippen LogP contribution in [0.15, 0.2) is 29.0 Å². The maximum atomic E-state index is 13.5. The molecule has 4 aliphatic rings. The molecule has 1 aromatic heterocycles. The highest BCUT2D eigenvalue weighted by molar-refractivity contribution is 9.10. The van der Waals surface area contributed by atoms with Gasteiger partial charge in [-0.2, -0.15) is 0 Å². The van der Waals surface area contributed by atoms with Crippen LogP contribution in [-0.2, 0) is 10.3 Å². The normalized spacial score (nSPS) is 34.0. The molecule has 1 N–H and O–H groups in total. The van der Waals surface area contributed by atoms with Crippen molar-refractivity contribution in [1.29, 1.82) is 0 Å². The first-order chi connectivity index (χ1) is 12.9. The molecule has 2 aromatic rings. The van der Waals surface area contributed by atoms with Gasteiger partial charge in [-0.3, -0.25) is 4.79 Å². The van der Waals surface area contributed by atoms with Gasteiger partial charge in [0.05, 0.1) is 11.0 Å². The van der Waals surface area contributed by atoms with E-state index in [1.165, 1.54) is 6.42 Å². The molecule has 1 aromatic carbocycles. The lowest BCUT2D eigenvalue weighted by Crippen LogP contribution is -2.60. The molecule has 6 rings (SSSR count). The fourth-order valence-electron chi connectivity index (χ4n) is 6.24. The molecule has 0 saturated heterocycles. The number of benzene rings is 1. The molecule has 4 saturated carbocycles. The standard InChI is InChI=1S/C20H22BrClN4O/c1-12-4-15(21)2-3-16(12)24-17(27)19-6-13-5-14(7-19)9-20(8-13,10-19)26-11-23-18(22)25-26/h2-4,11,13-14H,5-10H2,1H3,(H,24,27)/t13-,14-,19?,20?/m1/s1. The first kappa shape index (κ1) is 17.7. The molecule has 4 fully saturated rings. The van der Waals surface area contributed by atoms with Crippen molar-refractivity contribution in [3.05, 3.63) is 39.8 Å². The van der Waals surface area contributed by atoms with Gasteiger partial charge in [-0.05, 0) is 92.6 Å². The summed E-state index contributed by atoms with van der Waals surface area (Å²) >= 11 is 9.50. The summed E-state index contributed by atoms with van der Waals surface area (Å²) in [6, 6.07) is 5.99. The zero-order valence-corrected chi connectivity index (χ0v) is 17.6. The molecule has 0 unspecified atom stereocenters. The number of hydrogen-bond donors (Lipinski definition) is 1. The third kappa shape index (κ3) is 2.83. The third-order valence-corrected chi connectivity index (χ3v) is 7.56. The van der Waals surface area contributed by atoms with Crippen LogP contribution in [0.25, 0.3) is 0 Å². The number of rotatable bonds is 3. The molecule has 27 heavy (non-hydrogen) atoms. The number of halogens is 2. The van der Waals surface area contributed by atoms with E-state index in [1.54, 1.807) is 6.33 Å². The number of nitrogens with one attached hydrogen (secondary N) is 1. The second-order valence-electron chi connectivity index (χ2n) is 8.84. The number of nitrogens with zero attached hydrogens (tertiary/aromatic N) is 3. The van der Waals surface area contributed by atoms with E-state index in [2.05, 4.69) is 31.3 Å². The Kier molecular flexibility index (Phi) is 3.96. The van der Waals surface area contributed by atoms with Crippen molar-refractivity contribution in [1.82, 2.24) is 14.8 Å². The van der Waals surface area contributed by atoms with Crippen LogP contribution in [0.1, 0.15) is 44.1 Å². The van der Waals surface area contributed by atoms with Gasteiger partial charge >= 0.3 is 0 Å². The molecule has 5 nitrogen and oxygen atoms in total. The van der Waals surface area contributed by atoms with Crippen molar-refractivity contribution in [2.75, 3.05) is 5.32 Å². The van der Waals surface area contributed by atoms with Crippen molar-refractivity contribution in [3.63, 3.8) is 0 Å². The number of carbonyl (C=O) groups excluding carboxylic acids is 1. The minimum absolute atomic E-state index is 0.115. The Bertz CT molecular complexity index is 912. The Morgan fingerprint density at radius 1 is 1.30 bits per heavy atom. The molecule has 4 aliphatic carbocycles. The lowest BCUT2D eigenvalue weighted by Gasteiger charge is -2.60. The Morgan fingerprint density at radius 3 is 2.67 bits per heavy atom. The van der Waals surface area contributed by atoms with Crippen molar-refractivity contribution in [2.24, 2.45) is 17.3 Å². The largest absolute Gasteiger partial charge is 0.325 e. The molecule has 4 bridgehead atoms. The van der Waals surface area contributed by atoms with Gasteiger partial charge in [0.15, 0.2) is 0 Å². The summed E-state index contributed by atoms with van der Waals surface area (Å²) in [4.78, 5) is 17.6. The van der Waals surface area contributed by atoms with Crippen LogP contribution in [0, 0.1) is 24.2 Å². The zero-order valence-electron chi connectivity index (χ0n) is 15.2. The maximum absolute atomic E-state index is 13.5. The lowest BCUT2D eigenvalue weighted by atomic mass is 9.46. The quantitative estimate of drug-likeness (QED) is 0.722. The number of aromatic nitrogens is 3. The molecule has 1 amide bonds. The minimum Gasteiger partial charge on any atom is -0.325 e. The van der Waals surface area contributed by atoms with Gasteiger partial charge in [0.1, 0.15) is 6.33 Å². The average molecular weight is 450 g/mol. The maximum Gasteiger partial charge on any atom is 0.242 e. The number of anilines is 1. The lowest BCUT2D eigenvalue weighted by molar-refractivity contribution is -0.150. The highest BCUT2D eigenvalue weighted by Gasteiger charge is 2.61. The molecular weight excluding hydrogens is 428 g/mol. The monoisotopic (exact) mass is 448 g/mol.